The Morgan fingerprint density at radius 3 is 2.41 bits per heavy atom. The quantitative estimate of drug-likeness (QED) is 0.736. The summed E-state index contributed by atoms with van der Waals surface area (Å²) >= 11 is 0. The van der Waals surface area contributed by atoms with Crippen LogP contribution in [0.15, 0.2) is 52.9 Å². The van der Waals surface area contributed by atoms with Gasteiger partial charge in [-0.3, -0.25) is 9.59 Å². The van der Waals surface area contributed by atoms with Crippen LogP contribution >= 0.6 is 0 Å². The molecule has 22 heavy (non-hydrogen) atoms. The Morgan fingerprint density at radius 1 is 1.00 bits per heavy atom. The van der Waals surface area contributed by atoms with Gasteiger partial charge < -0.3 is 9.73 Å². The average molecular weight is 293 g/mol. The topological polar surface area (TPSA) is 59.3 Å². The number of aryl methyl sites for hydroxylation is 1. The molecule has 1 heterocycles. The molecule has 0 saturated heterocycles. The minimum atomic E-state index is -0.315. The van der Waals surface area contributed by atoms with E-state index in [9.17, 15) is 9.59 Å². The van der Waals surface area contributed by atoms with Crippen LogP contribution in [0.1, 0.15) is 33.4 Å². The normalized spacial score (nSPS) is 10.6. The molecule has 0 aliphatic rings. The van der Waals surface area contributed by atoms with Crippen LogP contribution in [0.5, 0.6) is 0 Å². The molecule has 0 aliphatic carbocycles. The minimum Gasteiger partial charge on any atom is -0.451 e. The van der Waals surface area contributed by atoms with Gasteiger partial charge in [-0.1, -0.05) is 12.1 Å². The predicted octanol–water partition coefficient (Wildman–Crippen LogP) is 4.20. The minimum absolute atomic E-state index is 0.00877. The molecule has 0 atom stereocenters. The van der Waals surface area contributed by atoms with Gasteiger partial charge in [0.15, 0.2) is 11.5 Å². The van der Waals surface area contributed by atoms with E-state index in [2.05, 4.69) is 5.32 Å². The molecule has 110 valence electrons. The molecular formula is C18H15NO3. The number of benzene rings is 2. The Bertz CT molecular complexity index is 860. The van der Waals surface area contributed by atoms with Crippen molar-refractivity contribution >= 4 is 28.3 Å². The summed E-state index contributed by atoms with van der Waals surface area (Å²) in [6.07, 6.45) is 0. The van der Waals surface area contributed by atoms with Gasteiger partial charge in [0.25, 0.3) is 5.91 Å². The third-order valence-electron chi connectivity index (χ3n) is 3.45. The van der Waals surface area contributed by atoms with Gasteiger partial charge in [0, 0.05) is 16.6 Å². The molecule has 0 fully saturated rings. The maximum atomic E-state index is 12.2. The van der Waals surface area contributed by atoms with Gasteiger partial charge in [-0.2, -0.15) is 0 Å². The van der Waals surface area contributed by atoms with Gasteiger partial charge in [0.2, 0.25) is 0 Å². The van der Waals surface area contributed by atoms with E-state index in [0.29, 0.717) is 16.8 Å². The fraction of sp³-hybridized carbons (Fsp3) is 0.111. The Kier molecular flexibility index (Phi) is 3.51. The molecule has 2 aromatic carbocycles. The molecule has 0 radical (unpaired) electrons. The SMILES string of the molecule is CC(=O)c1ccc(NC(=O)c2cc3ccc(C)cc3o2)cc1. The maximum absolute atomic E-state index is 12.2. The smallest absolute Gasteiger partial charge is 0.291 e. The van der Waals surface area contributed by atoms with Gasteiger partial charge in [-0.15, -0.1) is 0 Å². The van der Waals surface area contributed by atoms with Crippen LogP contribution in [0.4, 0.5) is 5.69 Å². The van der Waals surface area contributed by atoms with Crippen molar-refractivity contribution in [2.24, 2.45) is 0 Å². The van der Waals surface area contributed by atoms with E-state index < -0.39 is 0 Å². The third kappa shape index (κ3) is 2.76. The third-order valence-corrected chi connectivity index (χ3v) is 3.45. The van der Waals surface area contributed by atoms with E-state index >= 15 is 0 Å². The van der Waals surface area contributed by atoms with E-state index in [4.69, 9.17) is 4.42 Å². The van der Waals surface area contributed by atoms with Crippen molar-refractivity contribution in [2.45, 2.75) is 13.8 Å². The highest BCUT2D eigenvalue weighted by Crippen LogP contribution is 2.21. The number of hydrogen-bond acceptors (Lipinski definition) is 3. The highest BCUT2D eigenvalue weighted by Gasteiger charge is 2.12. The van der Waals surface area contributed by atoms with Gasteiger partial charge in [-0.05, 0) is 55.8 Å². The van der Waals surface area contributed by atoms with Crippen molar-refractivity contribution in [1.29, 1.82) is 0 Å². The van der Waals surface area contributed by atoms with E-state index in [1.807, 2.05) is 25.1 Å². The zero-order chi connectivity index (χ0) is 15.7. The molecule has 4 nitrogen and oxygen atoms in total. The number of hydrogen-bond donors (Lipinski definition) is 1. The Hall–Kier alpha value is -2.88. The van der Waals surface area contributed by atoms with Crippen LogP contribution in [-0.2, 0) is 0 Å². The summed E-state index contributed by atoms with van der Waals surface area (Å²) in [7, 11) is 0. The molecule has 4 heteroatoms. The summed E-state index contributed by atoms with van der Waals surface area (Å²) in [5.74, 6) is -0.0637. The second kappa shape index (κ2) is 5.48. The Labute approximate surface area is 127 Å². The number of carbonyl (C=O) groups excluding carboxylic acids is 2. The highest BCUT2D eigenvalue weighted by atomic mass is 16.3. The lowest BCUT2D eigenvalue weighted by atomic mass is 10.1. The second-order valence-corrected chi connectivity index (χ2v) is 5.24. The summed E-state index contributed by atoms with van der Waals surface area (Å²) < 4.78 is 5.58. The molecule has 3 rings (SSSR count). The van der Waals surface area contributed by atoms with Crippen molar-refractivity contribution in [3.8, 4) is 0 Å². The predicted molar refractivity (Wildman–Crippen MR) is 85.4 cm³/mol. The summed E-state index contributed by atoms with van der Waals surface area (Å²) in [4.78, 5) is 23.4. The van der Waals surface area contributed by atoms with Crippen molar-refractivity contribution in [2.75, 3.05) is 5.32 Å². The monoisotopic (exact) mass is 293 g/mol. The van der Waals surface area contributed by atoms with E-state index in [-0.39, 0.29) is 17.5 Å². The largest absolute Gasteiger partial charge is 0.451 e. The molecule has 0 bridgehead atoms. The zero-order valence-corrected chi connectivity index (χ0v) is 12.3. The number of rotatable bonds is 3. The number of furan rings is 1. The maximum Gasteiger partial charge on any atom is 0.291 e. The molecule has 0 saturated carbocycles. The molecule has 0 spiro atoms. The first-order valence-corrected chi connectivity index (χ1v) is 6.95. The van der Waals surface area contributed by atoms with Crippen LogP contribution in [-0.4, -0.2) is 11.7 Å². The molecular weight excluding hydrogens is 278 g/mol. The number of ketones is 1. The average Bonchev–Trinajstić information content (AvgIpc) is 2.91. The zero-order valence-electron chi connectivity index (χ0n) is 12.3. The molecule has 1 amide bonds. The summed E-state index contributed by atoms with van der Waals surface area (Å²) in [6.45, 7) is 3.47. The summed E-state index contributed by atoms with van der Waals surface area (Å²) in [5, 5.41) is 3.65. The van der Waals surface area contributed by atoms with Crippen molar-refractivity contribution in [3.05, 3.63) is 65.4 Å². The van der Waals surface area contributed by atoms with Gasteiger partial charge >= 0.3 is 0 Å². The first-order chi connectivity index (χ1) is 10.5. The summed E-state index contributed by atoms with van der Waals surface area (Å²) in [5.41, 5.74) is 2.99. The van der Waals surface area contributed by atoms with E-state index in [0.717, 1.165) is 10.9 Å². The number of anilines is 1. The van der Waals surface area contributed by atoms with Gasteiger partial charge in [0.1, 0.15) is 5.58 Å². The number of nitrogens with one attached hydrogen (secondary N) is 1. The van der Waals surface area contributed by atoms with E-state index in [1.165, 1.54) is 6.92 Å². The van der Waals surface area contributed by atoms with Crippen molar-refractivity contribution < 1.29 is 14.0 Å². The molecule has 0 aliphatic heterocycles. The number of Topliss-reactive ketones (excluding diaryl/α,β-unsaturated/α-hetero) is 1. The lowest BCUT2D eigenvalue weighted by Crippen LogP contribution is -2.10. The van der Waals surface area contributed by atoms with Crippen LogP contribution in [0.3, 0.4) is 0 Å². The van der Waals surface area contributed by atoms with Crippen LogP contribution in [0.25, 0.3) is 11.0 Å². The first kappa shape index (κ1) is 14.1. The second-order valence-electron chi connectivity index (χ2n) is 5.24. The fourth-order valence-corrected chi connectivity index (χ4v) is 2.23. The molecule has 3 aromatic rings. The lowest BCUT2D eigenvalue weighted by Gasteiger charge is -2.03. The lowest BCUT2D eigenvalue weighted by molar-refractivity contribution is 0.0996. The summed E-state index contributed by atoms with van der Waals surface area (Å²) in [6, 6.07) is 14.3. The standard InChI is InChI=1S/C18H15NO3/c1-11-3-4-14-10-17(22-16(14)9-11)18(21)19-15-7-5-13(6-8-15)12(2)20/h3-10H,1-2H3,(H,19,21). The number of amides is 1. The van der Waals surface area contributed by atoms with E-state index in [1.54, 1.807) is 30.3 Å². The highest BCUT2D eigenvalue weighted by molar-refractivity contribution is 6.05. The van der Waals surface area contributed by atoms with Gasteiger partial charge in [-0.25, -0.2) is 0 Å². The Balaban J connectivity index is 1.81. The number of carbonyl (C=O) groups is 2. The van der Waals surface area contributed by atoms with Gasteiger partial charge in [0.05, 0.1) is 0 Å². The van der Waals surface area contributed by atoms with Crippen LogP contribution in [0.2, 0.25) is 0 Å². The molecule has 0 unspecified atom stereocenters. The first-order valence-electron chi connectivity index (χ1n) is 6.95. The molecule has 1 aromatic heterocycles. The van der Waals surface area contributed by atoms with Crippen molar-refractivity contribution in [1.82, 2.24) is 0 Å². The fourth-order valence-electron chi connectivity index (χ4n) is 2.23. The Morgan fingerprint density at radius 2 is 1.73 bits per heavy atom. The van der Waals surface area contributed by atoms with Crippen LogP contribution in [0, 0.1) is 6.92 Å². The molecule has 1 N–H and O–H groups in total. The van der Waals surface area contributed by atoms with Crippen LogP contribution < -0.4 is 5.32 Å². The number of fused-ring (bicyclic) bond motifs is 1. The van der Waals surface area contributed by atoms with Crippen molar-refractivity contribution in [3.63, 3.8) is 0 Å².